The van der Waals surface area contributed by atoms with Crippen LogP contribution in [0.4, 0.5) is 11.6 Å². The molecule has 0 atom stereocenters. The number of furan rings is 1. The van der Waals surface area contributed by atoms with Crippen molar-refractivity contribution in [2.75, 3.05) is 36.5 Å². The molecule has 0 spiro atoms. The molecule has 1 amide bonds. The van der Waals surface area contributed by atoms with Crippen LogP contribution in [0.3, 0.4) is 0 Å². The van der Waals surface area contributed by atoms with Crippen molar-refractivity contribution in [3.05, 3.63) is 52.8 Å². The van der Waals surface area contributed by atoms with E-state index in [2.05, 4.69) is 10.2 Å². The predicted molar refractivity (Wildman–Crippen MR) is 99.9 cm³/mol. The minimum atomic E-state index is -0.453. The monoisotopic (exact) mass is 351 g/mol. The second-order valence-corrected chi connectivity index (χ2v) is 6.15. The van der Waals surface area contributed by atoms with E-state index in [1.54, 1.807) is 6.07 Å². The number of hydrogen-bond acceptors (Lipinski definition) is 5. The van der Waals surface area contributed by atoms with Gasteiger partial charge in [0.2, 0.25) is 0 Å². The molecule has 1 saturated heterocycles. The van der Waals surface area contributed by atoms with Crippen LogP contribution in [0.1, 0.15) is 16.9 Å². The van der Waals surface area contributed by atoms with E-state index in [0.29, 0.717) is 30.5 Å². The van der Waals surface area contributed by atoms with Gasteiger partial charge in [-0.25, -0.2) is 0 Å². The number of morpholine rings is 1. The van der Waals surface area contributed by atoms with E-state index in [4.69, 9.17) is 9.15 Å². The molecular weight excluding hydrogens is 330 g/mol. The average molecular weight is 351 g/mol. The van der Waals surface area contributed by atoms with E-state index in [-0.39, 0.29) is 5.57 Å². The Hall–Kier alpha value is -3.04. The molecule has 6 nitrogen and oxygen atoms in total. The minimum Gasteiger partial charge on any atom is -0.441 e. The largest absolute Gasteiger partial charge is 0.441 e. The van der Waals surface area contributed by atoms with Crippen molar-refractivity contribution in [2.24, 2.45) is 0 Å². The molecular formula is C20H21N3O3. The van der Waals surface area contributed by atoms with Crippen LogP contribution in [0.2, 0.25) is 0 Å². The van der Waals surface area contributed by atoms with Crippen LogP contribution >= 0.6 is 0 Å². The van der Waals surface area contributed by atoms with Gasteiger partial charge in [-0.05, 0) is 37.1 Å². The Labute approximate surface area is 152 Å². The molecule has 0 saturated carbocycles. The Morgan fingerprint density at radius 2 is 2.00 bits per heavy atom. The van der Waals surface area contributed by atoms with Crippen LogP contribution in [-0.4, -0.2) is 32.2 Å². The summed E-state index contributed by atoms with van der Waals surface area (Å²) in [5.74, 6) is 0.733. The fourth-order valence-corrected chi connectivity index (χ4v) is 2.74. The third-order valence-electron chi connectivity index (χ3n) is 4.44. The molecule has 1 aliphatic heterocycles. The predicted octanol–water partition coefficient (Wildman–Crippen LogP) is 3.28. The molecule has 3 rings (SSSR count). The molecule has 0 unspecified atom stereocenters. The number of nitriles is 1. The lowest BCUT2D eigenvalue weighted by atomic mass is 10.1. The molecule has 134 valence electrons. The van der Waals surface area contributed by atoms with Crippen molar-refractivity contribution in [1.29, 1.82) is 5.26 Å². The van der Waals surface area contributed by atoms with E-state index in [1.807, 2.05) is 44.2 Å². The number of hydrogen-bond donors (Lipinski definition) is 1. The number of nitrogens with zero attached hydrogens (tertiary/aromatic N) is 2. The lowest BCUT2D eigenvalue weighted by Gasteiger charge is -2.26. The number of ether oxygens (including phenoxy) is 1. The number of amides is 1. The van der Waals surface area contributed by atoms with Crippen LogP contribution in [0, 0.1) is 25.2 Å². The standard InChI is InChI=1S/C20H21N3O3/c1-14-4-3-5-18(15(14)2)22-20(24)16(13-21)12-17-6-7-19(26-17)23-8-10-25-11-9-23/h3-7,12H,8-11H2,1-2H3,(H,22,24)/b16-12+. The summed E-state index contributed by atoms with van der Waals surface area (Å²) in [6.45, 7) is 6.74. The number of nitrogens with one attached hydrogen (secondary N) is 1. The Morgan fingerprint density at radius 1 is 1.23 bits per heavy atom. The zero-order chi connectivity index (χ0) is 18.5. The first-order chi connectivity index (χ1) is 12.6. The molecule has 0 radical (unpaired) electrons. The van der Waals surface area contributed by atoms with Gasteiger partial charge in [0.1, 0.15) is 17.4 Å². The average Bonchev–Trinajstić information content (AvgIpc) is 3.13. The zero-order valence-corrected chi connectivity index (χ0v) is 14.9. The summed E-state index contributed by atoms with van der Waals surface area (Å²) in [5, 5.41) is 12.2. The first-order valence-electron chi connectivity index (χ1n) is 8.50. The molecule has 1 aromatic carbocycles. The molecule has 1 N–H and O–H groups in total. The highest BCUT2D eigenvalue weighted by Gasteiger charge is 2.16. The highest BCUT2D eigenvalue weighted by Crippen LogP contribution is 2.22. The Balaban J connectivity index is 1.75. The van der Waals surface area contributed by atoms with Gasteiger partial charge in [0.15, 0.2) is 5.88 Å². The second-order valence-electron chi connectivity index (χ2n) is 6.15. The number of rotatable bonds is 4. The van der Waals surface area contributed by atoms with Gasteiger partial charge >= 0.3 is 0 Å². The van der Waals surface area contributed by atoms with Crippen LogP contribution in [0.25, 0.3) is 6.08 Å². The molecule has 2 aromatic rings. The summed E-state index contributed by atoms with van der Waals surface area (Å²) in [4.78, 5) is 14.5. The van der Waals surface area contributed by atoms with Crippen molar-refractivity contribution in [3.8, 4) is 6.07 Å². The summed E-state index contributed by atoms with van der Waals surface area (Å²) in [6, 6.07) is 11.2. The second kappa shape index (κ2) is 7.89. The maximum atomic E-state index is 12.4. The van der Waals surface area contributed by atoms with Gasteiger partial charge in [-0.3, -0.25) is 4.79 Å². The van der Waals surface area contributed by atoms with Crippen molar-refractivity contribution in [3.63, 3.8) is 0 Å². The van der Waals surface area contributed by atoms with Gasteiger partial charge < -0.3 is 19.4 Å². The van der Waals surface area contributed by atoms with Crippen LogP contribution < -0.4 is 10.2 Å². The van der Waals surface area contributed by atoms with E-state index in [9.17, 15) is 10.1 Å². The number of carbonyl (C=O) groups is 1. The molecule has 0 aliphatic carbocycles. The molecule has 26 heavy (non-hydrogen) atoms. The van der Waals surface area contributed by atoms with Crippen molar-refractivity contribution < 1.29 is 13.9 Å². The zero-order valence-electron chi connectivity index (χ0n) is 14.9. The fraction of sp³-hybridized carbons (Fsp3) is 0.300. The number of anilines is 2. The lowest BCUT2D eigenvalue weighted by Crippen LogP contribution is -2.35. The van der Waals surface area contributed by atoms with Crippen molar-refractivity contribution in [2.45, 2.75) is 13.8 Å². The molecule has 1 aliphatic rings. The first kappa shape index (κ1) is 17.8. The smallest absolute Gasteiger partial charge is 0.266 e. The first-order valence-corrected chi connectivity index (χ1v) is 8.50. The Morgan fingerprint density at radius 3 is 2.73 bits per heavy atom. The van der Waals surface area contributed by atoms with Gasteiger partial charge in [-0.2, -0.15) is 5.26 Å². The maximum Gasteiger partial charge on any atom is 0.266 e. The highest BCUT2D eigenvalue weighted by atomic mass is 16.5. The van der Waals surface area contributed by atoms with Crippen LogP contribution in [-0.2, 0) is 9.53 Å². The summed E-state index contributed by atoms with van der Waals surface area (Å²) < 4.78 is 11.1. The molecule has 0 bridgehead atoms. The van der Waals surface area contributed by atoms with Gasteiger partial charge in [0.05, 0.1) is 13.2 Å². The van der Waals surface area contributed by atoms with Gasteiger partial charge in [0.25, 0.3) is 5.91 Å². The molecule has 2 heterocycles. The molecule has 6 heteroatoms. The van der Waals surface area contributed by atoms with E-state index in [0.717, 1.165) is 24.2 Å². The summed E-state index contributed by atoms with van der Waals surface area (Å²) >= 11 is 0. The number of carbonyl (C=O) groups excluding carboxylic acids is 1. The molecule has 1 fully saturated rings. The lowest BCUT2D eigenvalue weighted by molar-refractivity contribution is -0.112. The Kier molecular flexibility index (Phi) is 5.40. The molecule has 1 aromatic heterocycles. The fourth-order valence-electron chi connectivity index (χ4n) is 2.74. The van der Waals surface area contributed by atoms with Crippen molar-refractivity contribution in [1.82, 2.24) is 0 Å². The normalized spacial score (nSPS) is 14.8. The minimum absolute atomic E-state index is 0.00576. The van der Waals surface area contributed by atoms with Crippen LogP contribution in [0.15, 0.2) is 40.3 Å². The van der Waals surface area contributed by atoms with Gasteiger partial charge in [-0.1, -0.05) is 12.1 Å². The van der Waals surface area contributed by atoms with E-state index >= 15 is 0 Å². The van der Waals surface area contributed by atoms with Crippen LogP contribution in [0.5, 0.6) is 0 Å². The summed E-state index contributed by atoms with van der Waals surface area (Å²) in [5.41, 5.74) is 2.75. The quantitative estimate of drug-likeness (QED) is 0.675. The maximum absolute atomic E-state index is 12.4. The Bertz CT molecular complexity index is 871. The van der Waals surface area contributed by atoms with E-state index in [1.165, 1.54) is 6.08 Å². The third kappa shape index (κ3) is 3.95. The SMILES string of the molecule is Cc1cccc(NC(=O)/C(C#N)=C/c2ccc(N3CCOCC3)o2)c1C. The van der Waals surface area contributed by atoms with Gasteiger partial charge in [-0.15, -0.1) is 0 Å². The third-order valence-corrected chi connectivity index (χ3v) is 4.44. The van der Waals surface area contributed by atoms with Gasteiger partial charge in [0, 0.05) is 30.9 Å². The highest BCUT2D eigenvalue weighted by molar-refractivity contribution is 6.09. The summed E-state index contributed by atoms with van der Waals surface area (Å²) in [7, 11) is 0. The van der Waals surface area contributed by atoms with E-state index < -0.39 is 5.91 Å². The topological polar surface area (TPSA) is 78.5 Å². The summed E-state index contributed by atoms with van der Waals surface area (Å²) in [6.07, 6.45) is 1.46. The number of aryl methyl sites for hydroxylation is 1. The number of benzene rings is 1. The van der Waals surface area contributed by atoms with Crippen molar-refractivity contribution >= 4 is 23.6 Å².